The summed E-state index contributed by atoms with van der Waals surface area (Å²) in [6.07, 6.45) is 5.44. The Kier molecular flexibility index (Phi) is 5.06. The van der Waals surface area contributed by atoms with Crippen LogP contribution in [0, 0.1) is 0 Å². The van der Waals surface area contributed by atoms with Gasteiger partial charge in [-0.05, 0) is 6.07 Å². The molecular weight excluding hydrogens is 388 g/mol. The number of fused-ring (bicyclic) bond motifs is 1. The molecule has 5 rings (SSSR count). The van der Waals surface area contributed by atoms with Crippen molar-refractivity contribution >= 4 is 33.2 Å². The number of hydrogen-bond donors (Lipinski definition) is 0. The molecule has 3 aliphatic heterocycles. The summed E-state index contributed by atoms with van der Waals surface area (Å²) in [5.74, 6) is -0.368. The van der Waals surface area contributed by atoms with E-state index in [1.165, 1.54) is 4.88 Å². The first kappa shape index (κ1) is 18.2. The molecule has 0 radical (unpaired) electrons. The summed E-state index contributed by atoms with van der Waals surface area (Å²) < 4.78 is 18.5. The predicted molar refractivity (Wildman–Crippen MR) is 103 cm³/mol. The van der Waals surface area contributed by atoms with Gasteiger partial charge in [-0.15, -0.1) is 11.3 Å². The lowest BCUT2D eigenvalue weighted by Crippen LogP contribution is -2.53. The van der Waals surface area contributed by atoms with Gasteiger partial charge in [0.15, 0.2) is 5.79 Å². The number of thiophene rings is 1. The van der Waals surface area contributed by atoms with E-state index in [-0.39, 0.29) is 17.5 Å². The van der Waals surface area contributed by atoms with E-state index in [0.717, 1.165) is 42.7 Å². The van der Waals surface area contributed by atoms with Crippen LogP contribution in [0.1, 0.15) is 23.9 Å². The van der Waals surface area contributed by atoms with Crippen molar-refractivity contribution in [3.63, 3.8) is 0 Å². The average molecular weight is 411 g/mol. The number of nitrogens with zero attached hydrogens (tertiary/aromatic N) is 4. The van der Waals surface area contributed by atoms with Crippen molar-refractivity contribution in [3.05, 3.63) is 23.5 Å². The number of hydrogen-bond acceptors (Lipinski definition) is 8. The SMILES string of the molecule is ClC1CN(C(c2cc3ncncc3s2)N2CCC3(CC2)OCCO3)CCO1. The molecule has 3 fully saturated rings. The Morgan fingerprint density at radius 3 is 2.70 bits per heavy atom. The summed E-state index contributed by atoms with van der Waals surface area (Å²) in [7, 11) is 0. The molecule has 0 aliphatic carbocycles. The molecule has 2 atom stereocenters. The van der Waals surface area contributed by atoms with E-state index in [9.17, 15) is 0 Å². The Bertz CT molecular complexity index is 757. The molecule has 7 nitrogen and oxygen atoms in total. The first-order valence-corrected chi connectivity index (χ1v) is 10.7. The van der Waals surface area contributed by atoms with Crippen molar-refractivity contribution in [2.75, 3.05) is 46.0 Å². The summed E-state index contributed by atoms with van der Waals surface area (Å²) in [6.45, 7) is 5.48. The number of alkyl halides is 1. The van der Waals surface area contributed by atoms with Crippen LogP contribution in [0.3, 0.4) is 0 Å². The minimum absolute atomic E-state index is 0.160. The van der Waals surface area contributed by atoms with Crippen LogP contribution in [0.4, 0.5) is 0 Å². The monoisotopic (exact) mass is 410 g/mol. The second-order valence-electron chi connectivity index (χ2n) is 7.21. The third kappa shape index (κ3) is 3.60. The number of halogens is 1. The van der Waals surface area contributed by atoms with Crippen LogP contribution in [-0.2, 0) is 14.2 Å². The number of morpholine rings is 1. The molecule has 27 heavy (non-hydrogen) atoms. The van der Waals surface area contributed by atoms with Crippen molar-refractivity contribution in [3.8, 4) is 0 Å². The van der Waals surface area contributed by atoms with Crippen molar-refractivity contribution in [2.45, 2.75) is 30.4 Å². The highest BCUT2D eigenvalue weighted by Crippen LogP contribution is 2.39. The highest BCUT2D eigenvalue weighted by atomic mass is 35.5. The Balaban J connectivity index is 1.43. The number of piperidine rings is 1. The molecule has 146 valence electrons. The summed E-state index contributed by atoms with van der Waals surface area (Å²) in [5, 5.41) is 0. The van der Waals surface area contributed by atoms with Crippen molar-refractivity contribution < 1.29 is 14.2 Å². The van der Waals surface area contributed by atoms with E-state index in [2.05, 4.69) is 25.8 Å². The molecule has 9 heteroatoms. The summed E-state index contributed by atoms with van der Waals surface area (Å²) in [5.41, 5.74) is 0.731. The van der Waals surface area contributed by atoms with Crippen LogP contribution in [0.25, 0.3) is 10.2 Å². The summed E-state index contributed by atoms with van der Waals surface area (Å²) >= 11 is 8.08. The molecule has 0 saturated carbocycles. The van der Waals surface area contributed by atoms with Crippen LogP contribution in [0.5, 0.6) is 0 Å². The number of likely N-dealkylation sites (tertiary alicyclic amines) is 1. The lowest BCUT2D eigenvalue weighted by atomic mass is 10.0. The van der Waals surface area contributed by atoms with Crippen LogP contribution >= 0.6 is 22.9 Å². The molecule has 0 amide bonds. The van der Waals surface area contributed by atoms with Crippen LogP contribution in [0.2, 0.25) is 0 Å². The molecule has 3 saturated heterocycles. The zero-order valence-corrected chi connectivity index (χ0v) is 16.6. The number of rotatable bonds is 3. The first-order valence-electron chi connectivity index (χ1n) is 9.44. The fraction of sp³-hybridized carbons (Fsp3) is 0.667. The summed E-state index contributed by atoms with van der Waals surface area (Å²) in [6, 6.07) is 2.19. The third-order valence-electron chi connectivity index (χ3n) is 5.59. The number of ether oxygens (including phenoxy) is 3. The Morgan fingerprint density at radius 1 is 1.15 bits per heavy atom. The van der Waals surface area contributed by atoms with E-state index in [1.54, 1.807) is 17.7 Å². The Labute approximate surface area is 167 Å². The average Bonchev–Trinajstić information content (AvgIpc) is 3.31. The maximum absolute atomic E-state index is 6.32. The molecule has 2 aromatic heterocycles. The fourth-order valence-corrected chi connectivity index (χ4v) is 5.69. The van der Waals surface area contributed by atoms with Gasteiger partial charge in [0.2, 0.25) is 0 Å². The van der Waals surface area contributed by atoms with Gasteiger partial charge in [0.1, 0.15) is 11.9 Å². The van der Waals surface area contributed by atoms with Crippen LogP contribution < -0.4 is 0 Å². The minimum Gasteiger partial charge on any atom is -0.360 e. The van der Waals surface area contributed by atoms with E-state index in [4.69, 9.17) is 25.8 Å². The van der Waals surface area contributed by atoms with Gasteiger partial charge >= 0.3 is 0 Å². The highest BCUT2D eigenvalue weighted by Gasteiger charge is 2.43. The second-order valence-corrected chi connectivity index (χ2v) is 8.82. The molecule has 5 heterocycles. The van der Waals surface area contributed by atoms with E-state index < -0.39 is 0 Å². The standard InChI is InChI=1S/C18H23ClN4O3S/c19-16-11-23(5-6-24-16)17(14-9-13-15(27-14)10-20-12-21-13)22-3-1-18(2-4-22)25-7-8-26-18/h9-10,12,16-17H,1-8,11H2. The Morgan fingerprint density at radius 2 is 1.96 bits per heavy atom. The molecule has 2 aromatic rings. The largest absolute Gasteiger partial charge is 0.360 e. The van der Waals surface area contributed by atoms with Crippen molar-refractivity contribution in [1.29, 1.82) is 0 Å². The lowest BCUT2D eigenvalue weighted by molar-refractivity contribution is -0.194. The van der Waals surface area contributed by atoms with Crippen LogP contribution in [0.15, 0.2) is 18.6 Å². The maximum atomic E-state index is 6.32. The molecule has 2 unspecified atom stereocenters. The van der Waals surface area contributed by atoms with Gasteiger partial charge in [-0.2, -0.15) is 0 Å². The maximum Gasteiger partial charge on any atom is 0.170 e. The van der Waals surface area contributed by atoms with E-state index in [1.807, 2.05) is 6.20 Å². The van der Waals surface area contributed by atoms with E-state index >= 15 is 0 Å². The smallest absolute Gasteiger partial charge is 0.170 e. The number of aromatic nitrogens is 2. The first-order chi connectivity index (χ1) is 13.2. The molecular formula is C18H23ClN4O3S. The van der Waals surface area contributed by atoms with Crippen LogP contribution in [-0.4, -0.2) is 77.1 Å². The van der Waals surface area contributed by atoms with Gasteiger partial charge < -0.3 is 14.2 Å². The summed E-state index contributed by atoms with van der Waals surface area (Å²) in [4.78, 5) is 14.8. The quantitative estimate of drug-likeness (QED) is 0.720. The minimum atomic E-state index is -0.368. The Hall–Kier alpha value is -0.870. The van der Waals surface area contributed by atoms with Gasteiger partial charge in [-0.25, -0.2) is 9.97 Å². The second kappa shape index (κ2) is 7.51. The zero-order valence-electron chi connectivity index (χ0n) is 15.1. The normalized spacial score (nSPS) is 28.1. The fourth-order valence-electron chi connectivity index (χ4n) is 4.27. The van der Waals surface area contributed by atoms with Crippen molar-refractivity contribution in [1.82, 2.24) is 19.8 Å². The van der Waals surface area contributed by atoms with Gasteiger partial charge in [0, 0.05) is 50.1 Å². The lowest BCUT2D eigenvalue weighted by Gasteiger charge is -2.46. The van der Waals surface area contributed by atoms with Crippen molar-refractivity contribution in [2.24, 2.45) is 0 Å². The zero-order chi connectivity index (χ0) is 18.3. The topological polar surface area (TPSA) is 60.0 Å². The highest BCUT2D eigenvalue weighted by molar-refractivity contribution is 7.19. The third-order valence-corrected chi connectivity index (χ3v) is 6.95. The molecule has 0 bridgehead atoms. The molecule has 0 N–H and O–H groups in total. The van der Waals surface area contributed by atoms with Gasteiger partial charge in [-0.1, -0.05) is 11.6 Å². The van der Waals surface area contributed by atoms with Gasteiger partial charge in [0.05, 0.1) is 36.2 Å². The molecule has 3 aliphatic rings. The van der Waals surface area contributed by atoms with Gasteiger partial charge in [0.25, 0.3) is 0 Å². The predicted octanol–water partition coefficient (Wildman–Crippen LogP) is 2.43. The van der Waals surface area contributed by atoms with Gasteiger partial charge in [-0.3, -0.25) is 9.80 Å². The molecule has 0 aromatic carbocycles. The molecule has 1 spiro atoms. The van der Waals surface area contributed by atoms with E-state index in [0.29, 0.717) is 26.4 Å².